The monoisotopic (exact) mass is 731 g/mol. The van der Waals surface area contributed by atoms with Gasteiger partial charge in [0, 0.05) is 47.4 Å². The van der Waals surface area contributed by atoms with Gasteiger partial charge in [-0.15, -0.1) is 0 Å². The molecular weight excluding hydrogens is 693 g/mol. The number of amides is 2. The van der Waals surface area contributed by atoms with E-state index in [1.807, 2.05) is 25.1 Å². The number of hydrogen-bond acceptors (Lipinski definition) is 8. The van der Waals surface area contributed by atoms with Crippen LogP contribution >= 0.6 is 15.9 Å². The number of ether oxygens (including phenoxy) is 1. The van der Waals surface area contributed by atoms with Crippen LogP contribution in [0.1, 0.15) is 73.9 Å². The van der Waals surface area contributed by atoms with E-state index < -0.39 is 12.7 Å². The molecule has 0 unspecified atom stereocenters. The number of allylic oxidation sites excluding steroid dienone is 1. The number of nitrogens with zero attached hydrogens (tertiary/aromatic N) is 6. The molecule has 1 aliphatic heterocycles. The Labute approximate surface area is 292 Å². The summed E-state index contributed by atoms with van der Waals surface area (Å²) in [7, 11) is 0. The predicted octanol–water partition coefficient (Wildman–Crippen LogP) is 6.52. The van der Waals surface area contributed by atoms with Crippen molar-refractivity contribution in [3.63, 3.8) is 0 Å². The van der Waals surface area contributed by atoms with Crippen molar-refractivity contribution in [1.29, 1.82) is 0 Å². The van der Waals surface area contributed by atoms with Gasteiger partial charge in [0.2, 0.25) is 11.8 Å². The van der Waals surface area contributed by atoms with Crippen molar-refractivity contribution in [3.8, 4) is 11.1 Å². The summed E-state index contributed by atoms with van der Waals surface area (Å²) in [5, 5.41) is 7.96. The number of aromatic nitrogens is 5. The van der Waals surface area contributed by atoms with Gasteiger partial charge >= 0.3 is 0 Å². The molecule has 2 fully saturated rings. The SMILES string of the molecule is C/C=C/COCc1ccc(Br)nc1NC(=O)[C@@H]1C[C@@]2(CCC)C[C@H]2N1C(=O)Cn1nc(C(C)=O)c2cc(-c3cnc(C)nc3)cc(CF)c21. The first-order valence-electron chi connectivity index (χ1n) is 16.4. The highest BCUT2D eigenvalue weighted by Gasteiger charge is 2.66. The van der Waals surface area contributed by atoms with E-state index >= 15 is 0 Å². The molecule has 1 aliphatic carbocycles. The van der Waals surface area contributed by atoms with Crippen molar-refractivity contribution in [1.82, 2.24) is 29.6 Å². The van der Waals surface area contributed by atoms with E-state index in [9.17, 15) is 18.8 Å². The number of benzene rings is 1. The summed E-state index contributed by atoms with van der Waals surface area (Å²) in [4.78, 5) is 55.7. The Morgan fingerprint density at radius 1 is 1.14 bits per heavy atom. The van der Waals surface area contributed by atoms with Crippen LogP contribution in [0.4, 0.5) is 10.2 Å². The smallest absolute Gasteiger partial charge is 0.248 e. The number of fused-ring (bicyclic) bond motifs is 2. The number of likely N-dealkylation sites (tertiary alicyclic amines) is 1. The summed E-state index contributed by atoms with van der Waals surface area (Å²) in [5.41, 5.74) is 2.67. The molecule has 0 bridgehead atoms. The van der Waals surface area contributed by atoms with Crippen LogP contribution in [0.3, 0.4) is 0 Å². The summed E-state index contributed by atoms with van der Waals surface area (Å²) in [6, 6.07) is 6.22. The standard InChI is InChI=1S/C36H39BrFN7O4/c1-5-7-11-49-20-23-8-9-30(37)41-34(23)42-35(48)28-14-36(10-6-2)15-29(36)45(28)31(47)19-44-33-25(16-38)12-24(26-17-39-22(4)40-18-26)13-27(33)32(43-44)21(3)46/h5,7-9,12-13,17-18,28-29H,6,10-11,14-16,19-20H2,1-4H3,(H,41,42,48)/b7-5+/t28-,29+,36-/m0/s1. The Kier molecular flexibility index (Phi) is 10.0. The Hall–Kier alpha value is -4.36. The molecule has 0 radical (unpaired) electrons. The third-order valence-electron chi connectivity index (χ3n) is 9.45. The van der Waals surface area contributed by atoms with E-state index in [0.717, 1.165) is 19.3 Å². The molecule has 2 amide bonds. The highest BCUT2D eigenvalue weighted by molar-refractivity contribution is 9.10. The lowest BCUT2D eigenvalue weighted by Crippen LogP contribution is -2.47. The summed E-state index contributed by atoms with van der Waals surface area (Å²) >= 11 is 3.40. The van der Waals surface area contributed by atoms with Crippen LogP contribution in [-0.2, 0) is 34.2 Å². The number of alkyl halides is 1. The molecule has 49 heavy (non-hydrogen) atoms. The van der Waals surface area contributed by atoms with Crippen molar-refractivity contribution < 1.29 is 23.5 Å². The number of Topliss-reactive ketones (excluding diaryl/α,β-unsaturated/α-hetero) is 1. The lowest BCUT2D eigenvalue weighted by atomic mass is 9.94. The number of carbonyl (C=O) groups is 3. The number of piperidine rings is 1. The lowest BCUT2D eigenvalue weighted by Gasteiger charge is -2.27. The number of halogens is 2. The molecule has 1 saturated heterocycles. The summed E-state index contributed by atoms with van der Waals surface area (Å²) in [6.07, 6.45) is 10.2. The third-order valence-corrected chi connectivity index (χ3v) is 9.89. The van der Waals surface area contributed by atoms with E-state index in [0.29, 0.717) is 56.9 Å². The summed E-state index contributed by atoms with van der Waals surface area (Å²) in [5.74, 6) is -0.00313. The van der Waals surface area contributed by atoms with Crippen LogP contribution in [0.15, 0.2) is 53.4 Å². The largest absolute Gasteiger partial charge is 0.373 e. The molecule has 3 aromatic heterocycles. The van der Waals surface area contributed by atoms with E-state index in [4.69, 9.17) is 4.74 Å². The van der Waals surface area contributed by atoms with Crippen molar-refractivity contribution in [2.45, 2.75) is 85.3 Å². The second-order valence-corrected chi connectivity index (χ2v) is 13.6. The fraction of sp³-hybridized carbons (Fsp3) is 0.417. The lowest BCUT2D eigenvalue weighted by molar-refractivity contribution is -0.138. The highest BCUT2D eigenvalue weighted by atomic mass is 79.9. The van der Waals surface area contributed by atoms with Crippen LogP contribution in [0.25, 0.3) is 22.0 Å². The molecule has 3 atom stereocenters. The van der Waals surface area contributed by atoms with Crippen LogP contribution in [0, 0.1) is 12.3 Å². The second-order valence-electron chi connectivity index (χ2n) is 12.8. The second kappa shape index (κ2) is 14.2. The molecule has 4 heterocycles. The van der Waals surface area contributed by atoms with Gasteiger partial charge in [-0.05, 0) is 78.2 Å². The zero-order chi connectivity index (χ0) is 34.9. The normalized spacial score (nSPS) is 19.8. The van der Waals surface area contributed by atoms with Crippen molar-refractivity contribution in [2.24, 2.45) is 5.41 Å². The number of ketones is 1. The van der Waals surface area contributed by atoms with Gasteiger partial charge in [-0.1, -0.05) is 31.6 Å². The highest BCUT2D eigenvalue weighted by Crippen LogP contribution is 2.62. The van der Waals surface area contributed by atoms with E-state index in [1.165, 1.54) is 11.6 Å². The zero-order valence-electron chi connectivity index (χ0n) is 28.0. The average Bonchev–Trinajstić information content (AvgIpc) is 3.48. The maximum Gasteiger partial charge on any atom is 0.248 e. The zero-order valence-corrected chi connectivity index (χ0v) is 29.6. The molecule has 11 nitrogen and oxygen atoms in total. The number of carbonyl (C=O) groups excluding carboxylic acids is 3. The van der Waals surface area contributed by atoms with Crippen LogP contribution in [-0.4, -0.2) is 65.9 Å². The molecule has 2 aliphatic rings. The van der Waals surface area contributed by atoms with Crippen molar-refractivity contribution in [3.05, 3.63) is 76.1 Å². The van der Waals surface area contributed by atoms with Gasteiger partial charge < -0.3 is 15.0 Å². The fourth-order valence-corrected chi connectivity index (χ4v) is 7.41. The summed E-state index contributed by atoms with van der Waals surface area (Å²) < 4.78 is 22.4. The maximum atomic E-state index is 14.7. The van der Waals surface area contributed by atoms with Crippen LogP contribution in [0.2, 0.25) is 0 Å². The molecule has 0 spiro atoms. The molecule has 6 rings (SSSR count). The first-order chi connectivity index (χ1) is 23.6. The van der Waals surface area contributed by atoms with Gasteiger partial charge in [0.1, 0.15) is 41.2 Å². The van der Waals surface area contributed by atoms with Crippen LogP contribution in [0.5, 0.6) is 0 Å². The van der Waals surface area contributed by atoms with Gasteiger partial charge in [-0.25, -0.2) is 19.3 Å². The van der Waals surface area contributed by atoms with Gasteiger partial charge in [-0.3, -0.25) is 19.1 Å². The van der Waals surface area contributed by atoms with Crippen molar-refractivity contribution in [2.75, 3.05) is 11.9 Å². The van der Waals surface area contributed by atoms with E-state index in [1.54, 1.807) is 42.4 Å². The minimum absolute atomic E-state index is 0.0994. The quantitative estimate of drug-likeness (QED) is 0.0712. The summed E-state index contributed by atoms with van der Waals surface area (Å²) in [6.45, 7) is 6.75. The predicted molar refractivity (Wildman–Crippen MR) is 186 cm³/mol. The first-order valence-corrected chi connectivity index (χ1v) is 17.2. The minimum Gasteiger partial charge on any atom is -0.373 e. The van der Waals surface area contributed by atoms with E-state index in [-0.39, 0.29) is 53.5 Å². The molecule has 13 heteroatoms. The topological polar surface area (TPSA) is 132 Å². The molecule has 1 aromatic carbocycles. The number of rotatable bonds is 13. The average molecular weight is 733 g/mol. The fourth-order valence-electron chi connectivity index (χ4n) is 7.10. The molecular formula is C36H39BrFN7O4. The van der Waals surface area contributed by atoms with Crippen LogP contribution < -0.4 is 5.32 Å². The van der Waals surface area contributed by atoms with Gasteiger partial charge in [0.25, 0.3) is 0 Å². The van der Waals surface area contributed by atoms with Crippen molar-refractivity contribution >= 4 is 50.2 Å². The number of nitrogens with one attached hydrogen (secondary N) is 1. The molecule has 4 aromatic rings. The number of anilines is 1. The third kappa shape index (κ3) is 6.91. The number of hydrogen-bond donors (Lipinski definition) is 1. The minimum atomic E-state index is -0.842. The van der Waals surface area contributed by atoms with Gasteiger partial charge in [-0.2, -0.15) is 5.10 Å². The Balaban J connectivity index is 1.31. The van der Waals surface area contributed by atoms with E-state index in [2.05, 4.69) is 48.2 Å². The van der Waals surface area contributed by atoms with Gasteiger partial charge in [0.15, 0.2) is 5.78 Å². The Morgan fingerprint density at radius 3 is 2.61 bits per heavy atom. The van der Waals surface area contributed by atoms with Gasteiger partial charge in [0.05, 0.1) is 18.7 Å². The number of aryl methyl sites for hydroxylation is 1. The first kappa shape index (κ1) is 34.5. The molecule has 1 N–H and O–H groups in total. The Morgan fingerprint density at radius 2 is 1.92 bits per heavy atom. The number of pyridine rings is 1. The molecule has 1 saturated carbocycles. The maximum absolute atomic E-state index is 14.7. The Bertz CT molecular complexity index is 1950. The molecule has 256 valence electrons.